The Morgan fingerprint density at radius 2 is 1.14 bits per heavy atom. The number of aromatic nitrogens is 2. The minimum Gasteiger partial charge on any atom is -0.391 e. The van der Waals surface area contributed by atoms with Crippen LogP contribution in [-0.4, -0.2) is 178 Å². The Kier molecular flexibility index (Phi) is 28.3. The molecule has 17 N–H and O–H groups in total. The van der Waals surface area contributed by atoms with Crippen molar-refractivity contribution in [1.82, 2.24) is 57.4 Å². The Hall–Kier alpha value is -9.89. The number of Topliss-reactive ketones (excluding diaryl/α,β-unsaturated/α-hetero) is 1. The third-order valence-electron chi connectivity index (χ3n) is 20.2. The molecule has 8 amide bonds. The van der Waals surface area contributed by atoms with Gasteiger partial charge in [0, 0.05) is 84.9 Å². The molecule has 2 fully saturated rings. The molecule has 1 unspecified atom stereocenters. The molecule has 0 radical (unpaired) electrons. The largest absolute Gasteiger partial charge is 0.391 e. The Morgan fingerprint density at radius 1 is 0.600 bits per heavy atom. The molecule has 105 heavy (non-hydrogen) atoms. The number of hydrogen-bond acceptors (Lipinski definition) is 14. The van der Waals surface area contributed by atoms with E-state index < -0.39 is 102 Å². The number of thioether (sulfide) groups is 1. The van der Waals surface area contributed by atoms with Gasteiger partial charge in [-0.1, -0.05) is 134 Å². The fraction of sp³-hybridized carbons (Fsp3) is 0.443. The molecular weight excluding hydrogens is 1350 g/mol. The highest BCUT2D eigenvalue weighted by molar-refractivity contribution is 7.99. The van der Waals surface area contributed by atoms with Crippen LogP contribution in [0.5, 0.6) is 0 Å². The van der Waals surface area contributed by atoms with Crippen LogP contribution in [0.25, 0.3) is 21.8 Å². The van der Waals surface area contributed by atoms with Gasteiger partial charge in [-0.25, -0.2) is 0 Å². The van der Waals surface area contributed by atoms with Crippen LogP contribution in [0.3, 0.4) is 0 Å². The van der Waals surface area contributed by atoms with Gasteiger partial charge in [0.1, 0.15) is 42.3 Å². The monoisotopic (exact) mass is 1450 g/mol. The number of ketones is 1. The highest BCUT2D eigenvalue weighted by Crippen LogP contribution is 2.45. The van der Waals surface area contributed by atoms with Gasteiger partial charge in [-0.15, -0.1) is 0 Å². The number of unbranched alkanes of at least 4 members (excludes halogenated alkanes) is 1. The topological polar surface area (TPSA) is 395 Å². The maximum absolute atomic E-state index is 15.4. The molecule has 2 aromatic heterocycles. The van der Waals surface area contributed by atoms with Crippen LogP contribution >= 0.6 is 11.8 Å². The number of nitrogens with two attached hydrogens (primary N) is 3. The zero-order chi connectivity index (χ0) is 74.4. The summed E-state index contributed by atoms with van der Waals surface area (Å²) in [4.78, 5) is 148. The molecule has 2 saturated heterocycles. The summed E-state index contributed by atoms with van der Waals surface area (Å²) in [7, 11) is 2.17. The number of rotatable bonds is 22. The number of nitrogens with one attached hydrogen (secondary N) is 10. The molecule has 1 aliphatic carbocycles. The van der Waals surface area contributed by atoms with Crippen LogP contribution in [0.4, 0.5) is 0 Å². The van der Waals surface area contributed by atoms with Gasteiger partial charge < -0.3 is 79.7 Å². The number of H-pyrrole nitrogens is 2. The molecule has 26 heteroatoms. The lowest BCUT2D eigenvalue weighted by atomic mass is 9.73. The first-order valence-electron chi connectivity index (χ1n) is 36.7. The van der Waals surface area contributed by atoms with E-state index in [4.69, 9.17) is 17.2 Å². The lowest BCUT2D eigenvalue weighted by Gasteiger charge is -2.45. The zero-order valence-corrected chi connectivity index (χ0v) is 60.6. The number of nitrogens with zero attached hydrogens (tertiary/aromatic N) is 2. The van der Waals surface area contributed by atoms with Gasteiger partial charge in [0.15, 0.2) is 11.7 Å². The predicted molar refractivity (Wildman–Crippen MR) is 407 cm³/mol. The SMILES string of the molecule is C[C@@H](O)C1NC(=O)[C@H](CCCCN)NC(=O)[C@@H](Cc2c[nH]c3ccccc23)NC(=O)[C@H](Cc2ccccc2)NC(=O)[C@H](Cc2ccccc2)NC(=O)[C@H](CCCN=C(N)N)NC(=O)[C@H](NC(=O)CSC[C@@H]2C[C@@H]3c4cccc5[nH]cc(c45)C[C@H]3N(C)C2)CCCCCC(=O)[C@H](Cc2ccccc2)NC1=O. The normalized spacial score (nSPS) is 24.1. The fourth-order valence-corrected chi connectivity index (χ4v) is 15.7. The molecular formula is C79H101N15O10S. The Bertz CT molecular complexity index is 4130. The number of piperidine rings is 1. The maximum atomic E-state index is 15.4. The third kappa shape index (κ3) is 21.9. The van der Waals surface area contributed by atoms with Crippen molar-refractivity contribution in [2.45, 2.75) is 176 Å². The minimum atomic E-state index is -1.62. The van der Waals surface area contributed by atoms with Crippen LogP contribution < -0.4 is 59.7 Å². The highest BCUT2D eigenvalue weighted by atomic mass is 32.2. The van der Waals surface area contributed by atoms with Crippen molar-refractivity contribution in [3.05, 3.63) is 179 Å². The average Bonchev–Trinajstić information content (AvgIpc) is 1.67. The van der Waals surface area contributed by atoms with Crippen LogP contribution in [0, 0.1) is 5.92 Å². The van der Waals surface area contributed by atoms with Crippen molar-refractivity contribution < 1.29 is 48.3 Å². The molecule has 7 aromatic rings. The first-order valence-corrected chi connectivity index (χ1v) is 37.9. The Balaban J connectivity index is 0.965. The smallest absolute Gasteiger partial charge is 0.245 e. The number of hydrogen-bond donors (Lipinski definition) is 14. The number of likely N-dealkylation sites (tertiary alicyclic amines) is 1. The van der Waals surface area contributed by atoms with E-state index in [1.54, 1.807) is 79.0 Å². The molecule has 3 aliphatic rings. The summed E-state index contributed by atoms with van der Waals surface area (Å²) in [6.45, 7) is 2.50. The summed E-state index contributed by atoms with van der Waals surface area (Å²) in [6, 6.07) is 30.1. The number of aliphatic hydroxyl groups excluding tert-OH is 1. The van der Waals surface area contributed by atoms with Crippen LogP contribution in [0.15, 0.2) is 151 Å². The van der Waals surface area contributed by atoms with Crippen molar-refractivity contribution in [3.63, 3.8) is 0 Å². The Labute approximate surface area is 616 Å². The fourth-order valence-electron chi connectivity index (χ4n) is 14.8. The molecule has 558 valence electrons. The van der Waals surface area contributed by atoms with E-state index in [0.717, 1.165) is 41.4 Å². The van der Waals surface area contributed by atoms with Crippen LogP contribution in [0.2, 0.25) is 0 Å². The van der Waals surface area contributed by atoms with Gasteiger partial charge in [0.25, 0.3) is 0 Å². The van der Waals surface area contributed by atoms with E-state index in [2.05, 4.69) is 93.8 Å². The van der Waals surface area contributed by atoms with Gasteiger partial charge in [-0.3, -0.25) is 48.1 Å². The highest BCUT2D eigenvalue weighted by Gasteiger charge is 2.41. The second-order valence-electron chi connectivity index (χ2n) is 28.2. The van der Waals surface area contributed by atoms with Crippen molar-refractivity contribution in [3.8, 4) is 0 Å². The summed E-state index contributed by atoms with van der Waals surface area (Å²) in [5, 5.41) is 36.3. The second-order valence-corrected chi connectivity index (χ2v) is 29.2. The lowest BCUT2D eigenvalue weighted by Crippen LogP contribution is -2.61. The molecule has 10 rings (SSSR count). The predicted octanol–water partition coefficient (Wildman–Crippen LogP) is 4.29. The summed E-state index contributed by atoms with van der Waals surface area (Å²) < 4.78 is 0. The molecule has 2 aliphatic heterocycles. The van der Waals surface area contributed by atoms with Crippen LogP contribution in [0.1, 0.15) is 117 Å². The van der Waals surface area contributed by atoms with Crippen molar-refractivity contribution >= 4 is 92.6 Å². The number of benzene rings is 5. The average molecular weight is 1450 g/mol. The molecule has 4 heterocycles. The van der Waals surface area contributed by atoms with Crippen molar-refractivity contribution in [2.75, 3.05) is 38.2 Å². The van der Waals surface area contributed by atoms with Gasteiger partial charge >= 0.3 is 0 Å². The first kappa shape index (κ1) is 77.7. The molecule has 0 bridgehead atoms. The second kappa shape index (κ2) is 38.2. The number of fused-ring (bicyclic) bond motifs is 3. The van der Waals surface area contributed by atoms with E-state index in [9.17, 15) is 24.3 Å². The lowest BCUT2D eigenvalue weighted by molar-refractivity contribution is -0.136. The number of aromatic amines is 2. The maximum Gasteiger partial charge on any atom is 0.245 e. The van der Waals surface area contributed by atoms with Crippen molar-refractivity contribution in [1.29, 1.82) is 0 Å². The van der Waals surface area contributed by atoms with Gasteiger partial charge in [0.2, 0.25) is 47.3 Å². The number of carbonyl (C=O) groups is 9. The van der Waals surface area contributed by atoms with E-state index >= 15 is 24.0 Å². The number of para-hydroxylation sites is 1. The molecule has 0 spiro atoms. The standard InChI is InChI=1S/C79H101N15O10S/c1-48(95)71-78(104)89-63(38-49-21-7-3-8-22-49)68(96)34-14-6-13-30-60(86-69(97)47-105-46-52-37-57-56-28-19-32-59-70(56)54(44-85-59)42-67(57)94(2)45-52)72(98)87-62(33-20-36-83-79(81)82)73(99)90-64(39-50-23-9-4-10-24-50)75(101)91-65(40-51-25-11-5-12-26-51)76(102)92-66(41-53-43-84-58-29-16-15-27-55(53)58)77(103)88-61(74(100)93-71)31-17-18-35-80/h3-5,7-12,15-16,19,21-29,32,43-44,48,52,57,60-67,71,84-85,95H,6,13-14,17-18,20,30-31,33-42,45-47,80H2,1-2H3,(H,86,97)(H,87,98)(H,88,103)(H,89,104)(H,90,99)(H,91,101)(H,92,102)(H,93,100)(H4,81,82,83)/t48-,52-,57-,60-,61+,62+,63+,64+,65+,66-,67-,71?/m1/s1. The number of guanidine groups is 1. The quantitative estimate of drug-likeness (QED) is 0.0256. The number of likely N-dealkylation sites (N-methyl/N-ethyl adjacent to an activating group) is 1. The number of aliphatic imine (C=N–C) groups is 1. The third-order valence-corrected chi connectivity index (χ3v) is 21.4. The van der Waals surface area contributed by atoms with Gasteiger partial charge in [-0.05, 0) is 142 Å². The van der Waals surface area contributed by atoms with Gasteiger partial charge in [0.05, 0.1) is 17.9 Å². The molecule has 5 aromatic carbocycles. The minimum absolute atomic E-state index is 0.0216. The zero-order valence-electron chi connectivity index (χ0n) is 59.8. The van der Waals surface area contributed by atoms with E-state index in [1.165, 1.54) is 35.2 Å². The van der Waals surface area contributed by atoms with E-state index in [-0.39, 0.29) is 94.3 Å². The summed E-state index contributed by atoms with van der Waals surface area (Å²) in [5.41, 5.74) is 24.6. The molecule has 12 atom stereocenters. The summed E-state index contributed by atoms with van der Waals surface area (Å²) >= 11 is 1.49. The van der Waals surface area contributed by atoms with Crippen molar-refractivity contribution in [2.24, 2.45) is 28.1 Å². The number of aliphatic hydroxyl groups is 1. The number of amides is 8. The molecule has 0 saturated carbocycles. The summed E-state index contributed by atoms with van der Waals surface area (Å²) in [6.07, 6.45) is 6.01. The first-order chi connectivity index (χ1) is 50.8. The van der Waals surface area contributed by atoms with Gasteiger partial charge in [-0.2, -0.15) is 11.8 Å². The van der Waals surface area contributed by atoms with E-state index in [1.807, 2.05) is 42.5 Å². The van der Waals surface area contributed by atoms with Crippen LogP contribution in [-0.2, 0) is 75.3 Å². The van der Waals surface area contributed by atoms with E-state index in [0.29, 0.717) is 66.5 Å². The number of carbonyl (C=O) groups excluding carboxylic acids is 9. The Morgan fingerprint density at radius 3 is 1.77 bits per heavy atom. The summed E-state index contributed by atoms with van der Waals surface area (Å²) in [5.74, 6) is -5.16. The molecule has 25 nitrogen and oxygen atoms in total.